The highest BCUT2D eigenvalue weighted by Crippen LogP contribution is 2.30. The molecule has 1 aromatic carbocycles. The first kappa shape index (κ1) is 14.8. The van der Waals surface area contributed by atoms with Gasteiger partial charge in [0.05, 0.1) is 4.90 Å². The Bertz CT molecular complexity index is 554. The van der Waals surface area contributed by atoms with Crippen LogP contribution in [-0.4, -0.2) is 20.9 Å². The first-order chi connectivity index (χ1) is 8.21. The molecule has 0 spiro atoms. The van der Waals surface area contributed by atoms with Crippen LogP contribution in [0, 0.1) is 0 Å². The summed E-state index contributed by atoms with van der Waals surface area (Å²) in [6.45, 7) is 3.49. The van der Waals surface area contributed by atoms with Crippen LogP contribution in [0.25, 0.3) is 0 Å². The molecule has 7 heteroatoms. The van der Waals surface area contributed by atoms with Crippen LogP contribution in [0.5, 0.6) is 5.75 Å². The molecule has 1 aromatic rings. The minimum absolute atomic E-state index is 0.000656. The molecule has 0 aliphatic rings. The second-order valence-corrected chi connectivity index (χ2v) is 6.61. The lowest BCUT2D eigenvalue weighted by atomic mass is 10.0. The van der Waals surface area contributed by atoms with E-state index in [1.807, 2.05) is 13.8 Å². The molecule has 18 heavy (non-hydrogen) atoms. The van der Waals surface area contributed by atoms with Crippen LogP contribution in [-0.2, 0) is 13.8 Å². The van der Waals surface area contributed by atoms with Crippen molar-refractivity contribution < 1.29 is 17.9 Å². The van der Waals surface area contributed by atoms with E-state index in [-0.39, 0.29) is 17.4 Å². The van der Waals surface area contributed by atoms with Crippen LogP contribution in [0.4, 0.5) is 0 Å². The van der Waals surface area contributed by atoms with E-state index in [9.17, 15) is 13.2 Å². The topological polar surface area (TPSA) is 86.5 Å². The number of ether oxygens (including phenoxy) is 1. The molecule has 0 heterocycles. The summed E-state index contributed by atoms with van der Waals surface area (Å²) in [7, 11) is 1.49. The van der Waals surface area contributed by atoms with E-state index in [0.29, 0.717) is 11.3 Å². The standard InChI is InChI=1S/C11H14ClNO4S/c1-7(2)9-5-8(18(12,15)16)3-4-10(9)17-6-11(13)14/h3-5,7H,6H2,1-2H3,(H2,13,14). The fraction of sp³-hybridized carbons (Fsp3) is 0.364. The normalized spacial score (nSPS) is 11.6. The minimum Gasteiger partial charge on any atom is -0.483 e. The molecule has 0 saturated heterocycles. The molecular weight excluding hydrogens is 278 g/mol. The van der Waals surface area contributed by atoms with Gasteiger partial charge in [-0.25, -0.2) is 8.42 Å². The highest BCUT2D eigenvalue weighted by Gasteiger charge is 2.16. The van der Waals surface area contributed by atoms with Crippen molar-refractivity contribution in [1.82, 2.24) is 0 Å². The largest absolute Gasteiger partial charge is 0.483 e. The third-order valence-electron chi connectivity index (χ3n) is 2.25. The molecule has 0 aliphatic carbocycles. The maximum absolute atomic E-state index is 11.2. The molecule has 1 amide bonds. The minimum atomic E-state index is -3.78. The van der Waals surface area contributed by atoms with Gasteiger partial charge in [0.1, 0.15) is 5.75 Å². The molecule has 2 N–H and O–H groups in total. The van der Waals surface area contributed by atoms with E-state index in [4.69, 9.17) is 21.2 Å². The van der Waals surface area contributed by atoms with Gasteiger partial charge in [0.25, 0.3) is 15.0 Å². The van der Waals surface area contributed by atoms with Crippen LogP contribution in [0.2, 0.25) is 0 Å². The second kappa shape index (κ2) is 5.58. The smallest absolute Gasteiger partial charge is 0.261 e. The van der Waals surface area contributed by atoms with Crippen LogP contribution in [0.1, 0.15) is 25.3 Å². The van der Waals surface area contributed by atoms with Gasteiger partial charge in [-0.1, -0.05) is 13.8 Å². The van der Waals surface area contributed by atoms with E-state index >= 15 is 0 Å². The number of halogens is 1. The third-order valence-corrected chi connectivity index (χ3v) is 3.61. The van der Waals surface area contributed by atoms with Gasteiger partial charge in [-0.05, 0) is 29.7 Å². The number of amides is 1. The summed E-state index contributed by atoms with van der Waals surface area (Å²) >= 11 is 0. The average Bonchev–Trinajstić information content (AvgIpc) is 2.24. The maximum atomic E-state index is 11.2. The predicted octanol–water partition coefficient (Wildman–Crippen LogP) is 1.60. The summed E-state index contributed by atoms with van der Waals surface area (Å²) in [4.78, 5) is 10.7. The Balaban J connectivity index is 3.17. The van der Waals surface area contributed by atoms with Crippen molar-refractivity contribution in [3.63, 3.8) is 0 Å². The molecule has 0 saturated carbocycles. The predicted molar refractivity (Wildman–Crippen MR) is 68.3 cm³/mol. The highest BCUT2D eigenvalue weighted by molar-refractivity contribution is 8.13. The Hall–Kier alpha value is -1.27. The summed E-state index contributed by atoms with van der Waals surface area (Å²) in [5.41, 5.74) is 5.64. The monoisotopic (exact) mass is 291 g/mol. The van der Waals surface area contributed by atoms with E-state index in [2.05, 4.69) is 0 Å². The molecule has 100 valence electrons. The van der Waals surface area contributed by atoms with Crippen LogP contribution in [0.15, 0.2) is 23.1 Å². The Morgan fingerprint density at radius 2 is 2.06 bits per heavy atom. The summed E-state index contributed by atoms with van der Waals surface area (Å²) in [6, 6.07) is 4.22. The molecule has 0 bridgehead atoms. The fourth-order valence-corrected chi connectivity index (χ4v) is 2.20. The summed E-state index contributed by atoms with van der Waals surface area (Å²) in [5, 5.41) is 0. The SMILES string of the molecule is CC(C)c1cc(S(=O)(=O)Cl)ccc1OCC(N)=O. The molecule has 0 aliphatic heterocycles. The van der Waals surface area contributed by atoms with Gasteiger partial charge in [0, 0.05) is 10.7 Å². The first-order valence-electron chi connectivity index (χ1n) is 5.21. The lowest BCUT2D eigenvalue weighted by Crippen LogP contribution is -2.20. The van der Waals surface area contributed by atoms with Gasteiger partial charge in [0.2, 0.25) is 0 Å². The lowest BCUT2D eigenvalue weighted by molar-refractivity contribution is -0.119. The number of carbonyl (C=O) groups is 1. The third kappa shape index (κ3) is 3.89. The van der Waals surface area contributed by atoms with E-state index < -0.39 is 15.0 Å². The number of carbonyl (C=O) groups excluding carboxylic acids is 1. The molecular formula is C11H14ClNO4S. The molecule has 1 rings (SSSR count). The van der Waals surface area contributed by atoms with Crippen molar-refractivity contribution in [3.8, 4) is 5.75 Å². The molecule has 0 fully saturated rings. The van der Waals surface area contributed by atoms with Crippen molar-refractivity contribution in [2.24, 2.45) is 5.73 Å². The zero-order valence-electron chi connectivity index (χ0n) is 10.0. The quantitative estimate of drug-likeness (QED) is 0.835. The van der Waals surface area contributed by atoms with E-state index in [1.165, 1.54) is 18.2 Å². The second-order valence-electron chi connectivity index (χ2n) is 4.05. The van der Waals surface area contributed by atoms with Crippen molar-refractivity contribution in [2.75, 3.05) is 6.61 Å². The molecule has 0 radical (unpaired) electrons. The number of rotatable bonds is 5. The van der Waals surface area contributed by atoms with Crippen LogP contribution < -0.4 is 10.5 Å². The Morgan fingerprint density at radius 3 is 2.50 bits per heavy atom. The van der Waals surface area contributed by atoms with Gasteiger partial charge in [-0.3, -0.25) is 4.79 Å². The van der Waals surface area contributed by atoms with Crippen molar-refractivity contribution in [3.05, 3.63) is 23.8 Å². The zero-order valence-corrected chi connectivity index (χ0v) is 11.6. The number of benzene rings is 1. The van der Waals surface area contributed by atoms with Gasteiger partial charge in [0.15, 0.2) is 6.61 Å². The van der Waals surface area contributed by atoms with Crippen molar-refractivity contribution in [2.45, 2.75) is 24.7 Å². The van der Waals surface area contributed by atoms with Gasteiger partial charge in [-0.15, -0.1) is 0 Å². The summed E-state index contributed by atoms with van der Waals surface area (Å²) in [5.74, 6) is -0.155. The number of primary amides is 1. The van der Waals surface area contributed by atoms with Gasteiger partial charge < -0.3 is 10.5 Å². The summed E-state index contributed by atoms with van der Waals surface area (Å²) in [6.07, 6.45) is 0. The van der Waals surface area contributed by atoms with Crippen molar-refractivity contribution >= 4 is 25.6 Å². The Kier molecular flexibility index (Phi) is 4.59. The first-order valence-corrected chi connectivity index (χ1v) is 7.52. The highest BCUT2D eigenvalue weighted by atomic mass is 35.7. The summed E-state index contributed by atoms with van der Waals surface area (Å²) < 4.78 is 27.7. The van der Waals surface area contributed by atoms with E-state index in [0.717, 1.165) is 0 Å². The Morgan fingerprint density at radius 1 is 1.44 bits per heavy atom. The number of hydrogen-bond acceptors (Lipinski definition) is 4. The zero-order chi connectivity index (χ0) is 13.9. The van der Waals surface area contributed by atoms with Gasteiger partial charge >= 0.3 is 0 Å². The fourth-order valence-electron chi connectivity index (χ4n) is 1.41. The van der Waals surface area contributed by atoms with Gasteiger partial charge in [-0.2, -0.15) is 0 Å². The Labute approximate surface area is 110 Å². The van der Waals surface area contributed by atoms with Crippen LogP contribution >= 0.6 is 10.7 Å². The molecule has 0 unspecified atom stereocenters. The van der Waals surface area contributed by atoms with Crippen molar-refractivity contribution in [1.29, 1.82) is 0 Å². The maximum Gasteiger partial charge on any atom is 0.261 e. The number of nitrogens with two attached hydrogens (primary N) is 1. The van der Waals surface area contributed by atoms with E-state index in [1.54, 1.807) is 0 Å². The lowest BCUT2D eigenvalue weighted by Gasteiger charge is -2.14. The molecule has 0 aromatic heterocycles. The number of hydrogen-bond donors (Lipinski definition) is 1. The van der Waals surface area contributed by atoms with Crippen LogP contribution in [0.3, 0.4) is 0 Å². The molecule has 5 nitrogen and oxygen atoms in total. The average molecular weight is 292 g/mol. The molecule has 0 atom stereocenters.